The molecule has 0 spiro atoms. The number of aliphatic carboxylic acids is 1. The molecule has 0 heterocycles. The maximum absolute atomic E-state index is 10.8. The number of rotatable bonds is 7. The molecule has 2 unspecified atom stereocenters. The number of benzene rings is 1. The van der Waals surface area contributed by atoms with Crippen LogP contribution in [0.3, 0.4) is 0 Å². The van der Waals surface area contributed by atoms with Crippen molar-refractivity contribution >= 4 is 18.0 Å². The average Bonchev–Trinajstić information content (AvgIpc) is 2.50. The summed E-state index contributed by atoms with van der Waals surface area (Å²) in [6, 6.07) is 2.70. The van der Waals surface area contributed by atoms with Gasteiger partial charge in [0.05, 0.1) is 7.11 Å². The summed E-state index contributed by atoms with van der Waals surface area (Å²) in [5.74, 6) is -1.91. The summed E-state index contributed by atoms with van der Waals surface area (Å²) in [7, 11) is 1.30. The predicted octanol–water partition coefficient (Wildman–Crippen LogP) is 0.0290. The standard InChI is InChI=1S/C15H19NO7/c1-8(17)16-7-11(18)14(21)10-5-9(3-4-13(19)20)6-12(23-2)15(10)22/h3-6,11,14,18,21-22H,7H2,1-2H3,(H,16,17)(H,19,20). The van der Waals surface area contributed by atoms with Crippen molar-refractivity contribution in [1.82, 2.24) is 5.32 Å². The Morgan fingerprint density at radius 3 is 2.52 bits per heavy atom. The molecule has 1 aromatic rings. The minimum absolute atomic E-state index is 0.0123. The monoisotopic (exact) mass is 325 g/mol. The van der Waals surface area contributed by atoms with E-state index in [4.69, 9.17) is 9.84 Å². The highest BCUT2D eigenvalue weighted by Crippen LogP contribution is 2.36. The molecule has 1 aromatic carbocycles. The predicted molar refractivity (Wildman–Crippen MR) is 81.0 cm³/mol. The zero-order valence-corrected chi connectivity index (χ0v) is 12.7. The smallest absolute Gasteiger partial charge is 0.328 e. The molecule has 0 aromatic heterocycles. The lowest BCUT2D eigenvalue weighted by atomic mass is 9.99. The Morgan fingerprint density at radius 2 is 2.00 bits per heavy atom. The third kappa shape index (κ3) is 5.28. The van der Waals surface area contributed by atoms with Gasteiger partial charge in [-0.2, -0.15) is 0 Å². The number of aliphatic hydroxyl groups is 2. The molecule has 0 aliphatic rings. The SMILES string of the molecule is COc1cc(C=CC(=O)O)cc(C(O)C(O)CNC(C)=O)c1O. The molecule has 0 saturated carbocycles. The number of methoxy groups -OCH3 is 1. The van der Waals surface area contributed by atoms with Gasteiger partial charge in [-0.15, -0.1) is 0 Å². The van der Waals surface area contributed by atoms with E-state index in [0.29, 0.717) is 5.56 Å². The minimum atomic E-state index is -1.51. The van der Waals surface area contributed by atoms with Crippen LogP contribution >= 0.6 is 0 Å². The molecule has 0 radical (unpaired) electrons. The van der Waals surface area contributed by atoms with E-state index >= 15 is 0 Å². The number of carboxylic acids is 1. The van der Waals surface area contributed by atoms with Gasteiger partial charge in [-0.05, 0) is 23.8 Å². The molecule has 0 aliphatic carbocycles. The Morgan fingerprint density at radius 1 is 1.35 bits per heavy atom. The van der Waals surface area contributed by atoms with Crippen LogP contribution in [-0.4, -0.2) is 52.1 Å². The van der Waals surface area contributed by atoms with Crippen molar-refractivity contribution in [3.8, 4) is 11.5 Å². The molecule has 0 bridgehead atoms. The first-order chi connectivity index (χ1) is 10.8. The van der Waals surface area contributed by atoms with E-state index in [-0.39, 0.29) is 29.5 Å². The molecule has 8 nitrogen and oxygen atoms in total. The van der Waals surface area contributed by atoms with Crippen molar-refractivity contribution in [2.75, 3.05) is 13.7 Å². The molecule has 1 rings (SSSR count). The van der Waals surface area contributed by atoms with Crippen LogP contribution in [0.15, 0.2) is 18.2 Å². The van der Waals surface area contributed by atoms with Crippen LogP contribution < -0.4 is 10.1 Å². The van der Waals surface area contributed by atoms with Gasteiger partial charge in [0.15, 0.2) is 11.5 Å². The lowest BCUT2D eigenvalue weighted by Gasteiger charge is -2.20. The van der Waals surface area contributed by atoms with E-state index in [1.807, 2.05) is 0 Å². The summed E-state index contributed by atoms with van der Waals surface area (Å²) in [5.41, 5.74) is 0.301. The number of ether oxygens (including phenoxy) is 1. The molecular weight excluding hydrogens is 306 g/mol. The van der Waals surface area contributed by atoms with E-state index in [1.54, 1.807) is 0 Å². The maximum atomic E-state index is 10.8. The Hall–Kier alpha value is -2.58. The molecule has 126 valence electrons. The summed E-state index contributed by atoms with van der Waals surface area (Å²) in [6.45, 7) is 1.05. The van der Waals surface area contributed by atoms with Crippen molar-refractivity contribution in [2.45, 2.75) is 19.1 Å². The van der Waals surface area contributed by atoms with Crippen molar-refractivity contribution in [2.24, 2.45) is 0 Å². The zero-order chi connectivity index (χ0) is 17.6. The summed E-state index contributed by atoms with van der Waals surface area (Å²) < 4.78 is 4.97. The molecule has 2 atom stereocenters. The fourth-order valence-corrected chi connectivity index (χ4v) is 1.86. The highest BCUT2D eigenvalue weighted by molar-refractivity contribution is 5.85. The molecular formula is C15H19NO7. The second kappa shape index (κ2) is 8.16. The van der Waals surface area contributed by atoms with Gasteiger partial charge in [-0.3, -0.25) is 4.79 Å². The number of phenols is 1. The molecule has 0 aliphatic heterocycles. The molecule has 8 heteroatoms. The number of nitrogens with one attached hydrogen (secondary N) is 1. The van der Waals surface area contributed by atoms with Crippen LogP contribution in [0.1, 0.15) is 24.2 Å². The van der Waals surface area contributed by atoms with Crippen LogP contribution in [0.5, 0.6) is 11.5 Å². The minimum Gasteiger partial charge on any atom is -0.504 e. The lowest BCUT2D eigenvalue weighted by Crippen LogP contribution is -2.34. The van der Waals surface area contributed by atoms with E-state index in [2.05, 4.69) is 5.32 Å². The molecule has 23 heavy (non-hydrogen) atoms. The molecule has 0 saturated heterocycles. The largest absolute Gasteiger partial charge is 0.504 e. The Labute approximate surface area is 132 Å². The third-order valence-corrected chi connectivity index (χ3v) is 3.01. The van der Waals surface area contributed by atoms with E-state index in [0.717, 1.165) is 6.08 Å². The first-order valence-corrected chi connectivity index (χ1v) is 6.68. The summed E-state index contributed by atoms with van der Waals surface area (Å²) in [5, 5.41) is 41.1. The average molecular weight is 325 g/mol. The Kier molecular flexibility index (Phi) is 6.55. The first kappa shape index (κ1) is 18.5. The molecule has 0 fully saturated rings. The Bertz CT molecular complexity index is 612. The number of hydrogen-bond donors (Lipinski definition) is 5. The fraction of sp³-hybridized carbons (Fsp3) is 0.333. The normalized spacial score (nSPS) is 13.6. The zero-order valence-electron chi connectivity index (χ0n) is 12.7. The van der Waals surface area contributed by atoms with Gasteiger partial charge in [0.25, 0.3) is 0 Å². The third-order valence-electron chi connectivity index (χ3n) is 3.01. The maximum Gasteiger partial charge on any atom is 0.328 e. The topological polar surface area (TPSA) is 136 Å². The van der Waals surface area contributed by atoms with Gasteiger partial charge in [-0.1, -0.05) is 0 Å². The van der Waals surface area contributed by atoms with Crippen molar-refractivity contribution in [3.63, 3.8) is 0 Å². The van der Waals surface area contributed by atoms with E-state index in [1.165, 1.54) is 32.2 Å². The number of hydrogen-bond acceptors (Lipinski definition) is 6. The number of aliphatic hydroxyl groups excluding tert-OH is 2. The van der Waals surface area contributed by atoms with E-state index < -0.39 is 18.2 Å². The van der Waals surface area contributed by atoms with Crippen molar-refractivity contribution in [3.05, 3.63) is 29.3 Å². The van der Waals surface area contributed by atoms with Crippen LogP contribution in [-0.2, 0) is 9.59 Å². The highest BCUT2D eigenvalue weighted by Gasteiger charge is 2.24. The molecule has 5 N–H and O–H groups in total. The second-order valence-electron chi connectivity index (χ2n) is 4.78. The van der Waals surface area contributed by atoms with Crippen LogP contribution in [0.25, 0.3) is 6.08 Å². The first-order valence-electron chi connectivity index (χ1n) is 6.68. The molecule has 1 amide bonds. The van der Waals surface area contributed by atoms with Crippen molar-refractivity contribution in [1.29, 1.82) is 0 Å². The quantitative estimate of drug-likeness (QED) is 0.446. The van der Waals surface area contributed by atoms with Gasteiger partial charge in [0.2, 0.25) is 5.91 Å². The summed E-state index contributed by atoms with van der Waals surface area (Å²) >= 11 is 0. The number of phenolic OH excluding ortho intramolecular Hbond substituents is 1. The van der Waals surface area contributed by atoms with Gasteiger partial charge in [0.1, 0.15) is 12.2 Å². The number of amides is 1. The van der Waals surface area contributed by atoms with Gasteiger partial charge in [-0.25, -0.2) is 4.79 Å². The van der Waals surface area contributed by atoms with E-state index in [9.17, 15) is 24.9 Å². The van der Waals surface area contributed by atoms with Crippen LogP contribution in [0, 0.1) is 0 Å². The Balaban J connectivity index is 3.14. The van der Waals surface area contributed by atoms with Crippen molar-refractivity contribution < 1.29 is 34.8 Å². The highest BCUT2D eigenvalue weighted by atomic mass is 16.5. The lowest BCUT2D eigenvalue weighted by molar-refractivity contribution is -0.131. The summed E-state index contributed by atoms with van der Waals surface area (Å²) in [4.78, 5) is 21.4. The number of aromatic hydroxyl groups is 1. The van der Waals surface area contributed by atoms with Gasteiger partial charge < -0.3 is 30.5 Å². The van der Waals surface area contributed by atoms with Crippen LogP contribution in [0.4, 0.5) is 0 Å². The fourth-order valence-electron chi connectivity index (χ4n) is 1.86. The summed E-state index contributed by atoms with van der Waals surface area (Å²) in [6.07, 6.45) is -0.738. The number of carbonyl (C=O) groups excluding carboxylic acids is 1. The van der Waals surface area contributed by atoms with Gasteiger partial charge >= 0.3 is 5.97 Å². The number of carboxylic acid groups (broad SMARTS) is 1. The second-order valence-corrected chi connectivity index (χ2v) is 4.78. The van der Waals surface area contributed by atoms with Crippen LogP contribution in [0.2, 0.25) is 0 Å². The van der Waals surface area contributed by atoms with Gasteiger partial charge in [0, 0.05) is 25.1 Å². The number of carbonyl (C=O) groups is 2.